The Morgan fingerprint density at radius 1 is 1.04 bits per heavy atom. The average molecular weight is 352 g/mol. The fraction of sp³-hybridized carbons (Fsp3) is 0.263. The number of hydrogen-bond donors (Lipinski definition) is 1. The summed E-state index contributed by atoms with van der Waals surface area (Å²) in [5.41, 5.74) is 0.598. The Balaban J connectivity index is 1.80. The number of carbonyl (C=O) groups excluding carboxylic acids is 1. The molecule has 0 saturated carbocycles. The van der Waals surface area contributed by atoms with Gasteiger partial charge in [0.15, 0.2) is 5.65 Å². The minimum absolute atomic E-state index is 0.213. The van der Waals surface area contributed by atoms with Crippen LogP contribution in [0.5, 0.6) is 0 Å². The molecule has 0 aliphatic rings. The van der Waals surface area contributed by atoms with Gasteiger partial charge in [-0.25, -0.2) is 4.98 Å². The molecule has 0 unspecified atom stereocenters. The molecule has 2 aromatic heterocycles. The molecular weight excluding hydrogens is 332 g/mol. The maximum atomic E-state index is 12.4. The van der Waals surface area contributed by atoms with Crippen molar-refractivity contribution >= 4 is 17.1 Å². The van der Waals surface area contributed by atoms with Crippen molar-refractivity contribution in [2.45, 2.75) is 26.4 Å². The van der Waals surface area contributed by atoms with Crippen molar-refractivity contribution in [2.24, 2.45) is 0 Å². The van der Waals surface area contributed by atoms with E-state index in [2.05, 4.69) is 10.3 Å². The topological polar surface area (TPSA) is 86.0 Å². The van der Waals surface area contributed by atoms with Crippen molar-refractivity contribution in [1.29, 1.82) is 0 Å². The Kier molecular flexibility index (Phi) is 5.26. The van der Waals surface area contributed by atoms with Gasteiger partial charge in [0.1, 0.15) is 6.54 Å². The van der Waals surface area contributed by atoms with Crippen molar-refractivity contribution < 1.29 is 4.79 Å². The number of nitrogens with zero attached hydrogens (tertiary/aromatic N) is 3. The number of carbonyl (C=O) groups is 1. The molecule has 0 aliphatic heterocycles. The molecular formula is C19H20N4O3. The lowest BCUT2D eigenvalue weighted by Gasteiger charge is -2.13. The van der Waals surface area contributed by atoms with E-state index in [4.69, 9.17) is 0 Å². The van der Waals surface area contributed by atoms with Crippen LogP contribution < -0.4 is 16.4 Å². The molecule has 3 aromatic rings. The highest BCUT2D eigenvalue weighted by Crippen LogP contribution is 2.07. The summed E-state index contributed by atoms with van der Waals surface area (Å²) in [5, 5.41) is 2.79. The van der Waals surface area contributed by atoms with E-state index in [1.54, 1.807) is 25.3 Å². The lowest BCUT2D eigenvalue weighted by Crippen LogP contribution is -2.44. The van der Waals surface area contributed by atoms with E-state index in [9.17, 15) is 14.4 Å². The Hall–Kier alpha value is -3.22. The Labute approximate surface area is 149 Å². The van der Waals surface area contributed by atoms with Crippen LogP contribution in [0.2, 0.25) is 0 Å². The number of aryl methyl sites for hydroxylation is 1. The van der Waals surface area contributed by atoms with Crippen LogP contribution in [0.1, 0.15) is 12.5 Å². The fourth-order valence-corrected chi connectivity index (χ4v) is 2.88. The fourth-order valence-electron chi connectivity index (χ4n) is 2.88. The molecule has 0 atom stereocenters. The Morgan fingerprint density at radius 3 is 2.50 bits per heavy atom. The van der Waals surface area contributed by atoms with Crippen LogP contribution in [0.4, 0.5) is 0 Å². The van der Waals surface area contributed by atoms with Gasteiger partial charge >= 0.3 is 11.1 Å². The minimum Gasteiger partial charge on any atom is -0.354 e. The van der Waals surface area contributed by atoms with Gasteiger partial charge in [0, 0.05) is 19.3 Å². The van der Waals surface area contributed by atoms with Gasteiger partial charge in [0.05, 0.1) is 5.52 Å². The molecule has 1 amide bonds. The van der Waals surface area contributed by atoms with Gasteiger partial charge < -0.3 is 5.32 Å². The average Bonchev–Trinajstić information content (AvgIpc) is 2.67. The van der Waals surface area contributed by atoms with E-state index < -0.39 is 11.1 Å². The van der Waals surface area contributed by atoms with Crippen LogP contribution in [0, 0.1) is 0 Å². The van der Waals surface area contributed by atoms with Gasteiger partial charge in [0.25, 0.3) is 0 Å². The third-order valence-electron chi connectivity index (χ3n) is 4.18. The minimum atomic E-state index is -0.717. The van der Waals surface area contributed by atoms with Crippen molar-refractivity contribution in [1.82, 2.24) is 19.4 Å². The summed E-state index contributed by atoms with van der Waals surface area (Å²) < 4.78 is 2.51. The first-order chi connectivity index (χ1) is 12.6. The number of benzene rings is 1. The summed E-state index contributed by atoms with van der Waals surface area (Å²) >= 11 is 0. The molecule has 3 rings (SSSR count). The van der Waals surface area contributed by atoms with E-state index in [0.717, 1.165) is 5.56 Å². The molecule has 26 heavy (non-hydrogen) atoms. The number of aromatic nitrogens is 3. The van der Waals surface area contributed by atoms with Crippen molar-refractivity contribution in [3.05, 3.63) is 74.9 Å². The van der Waals surface area contributed by atoms with E-state index in [-0.39, 0.29) is 12.5 Å². The van der Waals surface area contributed by atoms with Crippen LogP contribution in [-0.2, 0) is 24.3 Å². The number of hydrogen-bond acceptors (Lipinski definition) is 4. The largest absolute Gasteiger partial charge is 0.354 e. The summed E-state index contributed by atoms with van der Waals surface area (Å²) in [6.07, 6.45) is 2.25. The summed E-state index contributed by atoms with van der Waals surface area (Å²) in [5.74, 6) is -0.318. The summed E-state index contributed by atoms with van der Waals surface area (Å²) in [6.45, 7) is 2.36. The number of nitrogens with one attached hydrogen (secondary N) is 1. The van der Waals surface area contributed by atoms with Crippen molar-refractivity contribution in [3.8, 4) is 0 Å². The summed E-state index contributed by atoms with van der Waals surface area (Å²) in [4.78, 5) is 41.1. The van der Waals surface area contributed by atoms with E-state index in [1.165, 1.54) is 9.13 Å². The quantitative estimate of drug-likeness (QED) is 0.669. The third-order valence-corrected chi connectivity index (χ3v) is 4.18. The number of fused-ring (bicyclic) bond motifs is 1. The van der Waals surface area contributed by atoms with Gasteiger partial charge in [-0.05, 0) is 31.0 Å². The molecule has 2 heterocycles. The van der Waals surface area contributed by atoms with E-state index in [0.29, 0.717) is 30.7 Å². The second kappa shape index (κ2) is 7.77. The monoisotopic (exact) mass is 352 g/mol. The SMILES string of the molecule is CCn1c(=O)c(=O)n(CC(=O)NCCc2ccccc2)c2cccnc21. The standard InChI is InChI=1S/C19H20N4O3/c1-2-22-17-15(9-6-11-21-17)23(19(26)18(22)25)13-16(24)20-12-10-14-7-4-3-5-8-14/h3-9,11H,2,10,12-13H2,1H3,(H,20,24). The summed E-state index contributed by atoms with van der Waals surface area (Å²) in [7, 11) is 0. The molecule has 0 aliphatic carbocycles. The van der Waals surface area contributed by atoms with Gasteiger partial charge in [-0.3, -0.25) is 23.5 Å². The number of rotatable bonds is 6. The van der Waals surface area contributed by atoms with Gasteiger partial charge in [0.2, 0.25) is 5.91 Å². The zero-order valence-corrected chi connectivity index (χ0v) is 14.5. The number of pyridine rings is 1. The molecule has 7 nitrogen and oxygen atoms in total. The molecule has 7 heteroatoms. The number of amides is 1. The second-order valence-electron chi connectivity index (χ2n) is 5.87. The smallest absolute Gasteiger partial charge is 0.318 e. The first-order valence-electron chi connectivity index (χ1n) is 8.50. The predicted octanol–water partition coefficient (Wildman–Crippen LogP) is 0.937. The van der Waals surface area contributed by atoms with Gasteiger partial charge in [-0.2, -0.15) is 0 Å². The van der Waals surface area contributed by atoms with Crippen LogP contribution in [0.25, 0.3) is 11.2 Å². The highest BCUT2D eigenvalue weighted by Gasteiger charge is 2.15. The molecule has 1 N–H and O–H groups in total. The predicted molar refractivity (Wildman–Crippen MR) is 99.1 cm³/mol. The summed E-state index contributed by atoms with van der Waals surface area (Å²) in [6, 6.07) is 13.2. The molecule has 0 radical (unpaired) electrons. The zero-order valence-electron chi connectivity index (χ0n) is 14.5. The van der Waals surface area contributed by atoms with Gasteiger partial charge in [-0.1, -0.05) is 30.3 Å². The normalized spacial score (nSPS) is 10.8. The highest BCUT2D eigenvalue weighted by molar-refractivity contribution is 5.78. The molecule has 1 aromatic carbocycles. The molecule has 0 fully saturated rings. The maximum absolute atomic E-state index is 12.4. The van der Waals surface area contributed by atoms with E-state index >= 15 is 0 Å². The highest BCUT2D eigenvalue weighted by atomic mass is 16.2. The van der Waals surface area contributed by atoms with E-state index in [1.807, 2.05) is 30.3 Å². The van der Waals surface area contributed by atoms with Crippen LogP contribution in [0.3, 0.4) is 0 Å². The molecule has 0 bridgehead atoms. The Morgan fingerprint density at radius 2 is 1.77 bits per heavy atom. The second-order valence-corrected chi connectivity index (χ2v) is 5.87. The first kappa shape index (κ1) is 17.6. The molecule has 134 valence electrons. The molecule has 0 spiro atoms. The zero-order chi connectivity index (χ0) is 18.5. The Bertz CT molecular complexity index is 1040. The first-order valence-corrected chi connectivity index (χ1v) is 8.50. The maximum Gasteiger partial charge on any atom is 0.318 e. The van der Waals surface area contributed by atoms with Crippen LogP contribution in [0.15, 0.2) is 58.3 Å². The van der Waals surface area contributed by atoms with Crippen molar-refractivity contribution in [3.63, 3.8) is 0 Å². The lowest BCUT2D eigenvalue weighted by molar-refractivity contribution is -0.121. The lowest BCUT2D eigenvalue weighted by atomic mass is 10.1. The van der Waals surface area contributed by atoms with Gasteiger partial charge in [-0.15, -0.1) is 0 Å². The van der Waals surface area contributed by atoms with Crippen molar-refractivity contribution in [2.75, 3.05) is 6.54 Å². The third kappa shape index (κ3) is 3.56. The molecule has 0 saturated heterocycles. The van der Waals surface area contributed by atoms with Crippen LogP contribution in [-0.4, -0.2) is 26.6 Å². The van der Waals surface area contributed by atoms with Crippen LogP contribution >= 0.6 is 0 Å².